The molecule has 2 aromatic rings. The predicted octanol–water partition coefficient (Wildman–Crippen LogP) is 8.15. The third-order valence-corrected chi connectivity index (χ3v) is 19.3. The van der Waals surface area contributed by atoms with Crippen LogP contribution in [0.2, 0.25) is 23.2 Å². The van der Waals surface area contributed by atoms with Gasteiger partial charge in [-0.25, -0.2) is 0 Å². The Balaban J connectivity index is 1.90. The average molecular weight is 579 g/mol. The first-order valence-corrected chi connectivity index (χ1v) is 19.9. The molecule has 1 aliphatic rings. The monoisotopic (exact) mass is 578 g/mol. The van der Waals surface area contributed by atoms with Crippen LogP contribution in [-0.4, -0.2) is 36.1 Å². The minimum Gasteiger partial charge on any atom is -0.417 e. The van der Waals surface area contributed by atoms with Crippen molar-refractivity contribution in [1.29, 1.82) is 0 Å². The van der Waals surface area contributed by atoms with Gasteiger partial charge in [0.25, 0.3) is 8.32 Å². The molecule has 3 atom stereocenters. The number of benzene rings is 2. The molecule has 0 saturated heterocycles. The maximum atomic E-state index is 12.3. The van der Waals surface area contributed by atoms with E-state index in [1.807, 2.05) is 0 Å². The van der Waals surface area contributed by atoms with Crippen LogP contribution < -0.4 is 10.4 Å². The minimum absolute atomic E-state index is 0.0204. The Labute approximate surface area is 247 Å². The highest BCUT2D eigenvalue weighted by atomic mass is 28.4. The van der Waals surface area contributed by atoms with E-state index in [4.69, 9.17) is 8.85 Å². The van der Waals surface area contributed by atoms with Crippen molar-refractivity contribution in [1.82, 2.24) is 0 Å². The maximum absolute atomic E-state index is 12.3. The quantitative estimate of drug-likeness (QED) is 0.117. The molecule has 0 radical (unpaired) electrons. The van der Waals surface area contributed by atoms with E-state index in [1.54, 1.807) is 0 Å². The summed E-state index contributed by atoms with van der Waals surface area (Å²) in [5.41, 5.74) is 1.15. The summed E-state index contributed by atoms with van der Waals surface area (Å²) in [6.45, 7) is 24.3. The first kappa shape index (κ1) is 32.7. The van der Waals surface area contributed by atoms with Gasteiger partial charge in [0.15, 0.2) is 8.32 Å². The Morgan fingerprint density at radius 2 is 1.40 bits per heavy atom. The lowest BCUT2D eigenvalue weighted by molar-refractivity contribution is -0.114. The zero-order valence-corrected chi connectivity index (χ0v) is 28.8. The van der Waals surface area contributed by atoms with Gasteiger partial charge in [-0.2, -0.15) is 0 Å². The highest BCUT2D eigenvalue weighted by Crippen LogP contribution is 2.45. The molecule has 2 aromatic carbocycles. The molecule has 0 saturated carbocycles. The fraction of sp³-hybridized carbons (Fsp3) is 0.571. The van der Waals surface area contributed by atoms with E-state index >= 15 is 0 Å². The summed E-state index contributed by atoms with van der Waals surface area (Å²) >= 11 is 0. The van der Waals surface area contributed by atoms with Crippen molar-refractivity contribution < 1.29 is 13.6 Å². The predicted molar refractivity (Wildman–Crippen MR) is 175 cm³/mol. The lowest BCUT2D eigenvalue weighted by Gasteiger charge is -2.45. The molecule has 1 aliphatic carbocycles. The lowest BCUT2D eigenvalue weighted by Crippen LogP contribution is -2.66. The Hall–Kier alpha value is -1.80. The fourth-order valence-corrected chi connectivity index (χ4v) is 11.7. The van der Waals surface area contributed by atoms with Gasteiger partial charge in [0.1, 0.15) is 6.29 Å². The van der Waals surface area contributed by atoms with Crippen molar-refractivity contribution in [2.45, 2.75) is 97.8 Å². The Morgan fingerprint density at radius 1 is 0.875 bits per heavy atom. The number of carbonyl (C=O) groups excluding carboxylic acids is 1. The molecule has 3 nitrogen and oxygen atoms in total. The molecule has 0 fully saturated rings. The van der Waals surface area contributed by atoms with Gasteiger partial charge < -0.3 is 13.6 Å². The first-order chi connectivity index (χ1) is 18.6. The molecule has 0 unspecified atom stereocenters. The Morgan fingerprint density at radius 3 is 1.85 bits per heavy atom. The van der Waals surface area contributed by atoms with E-state index < -0.39 is 16.6 Å². The van der Waals surface area contributed by atoms with Crippen LogP contribution in [0.15, 0.2) is 72.3 Å². The number of allylic oxidation sites excluding steroid dienone is 1. The normalized spacial score (nSPS) is 22.6. The van der Waals surface area contributed by atoms with Gasteiger partial charge in [-0.15, -0.1) is 0 Å². The highest BCUT2D eigenvalue weighted by Gasteiger charge is 2.50. The van der Waals surface area contributed by atoms with Crippen molar-refractivity contribution in [2.75, 3.05) is 13.2 Å². The summed E-state index contributed by atoms with van der Waals surface area (Å²) in [7, 11) is -4.41. The van der Waals surface area contributed by atoms with Gasteiger partial charge in [-0.1, -0.05) is 122 Å². The molecular weight excluding hydrogens is 525 g/mol. The first-order valence-electron chi connectivity index (χ1n) is 15.1. The van der Waals surface area contributed by atoms with Crippen LogP contribution in [0, 0.1) is 17.3 Å². The number of hydrogen-bond donors (Lipinski definition) is 0. The van der Waals surface area contributed by atoms with Gasteiger partial charge in [-0.05, 0) is 69.7 Å². The maximum Gasteiger partial charge on any atom is 0.261 e. The molecule has 0 aromatic heterocycles. The average Bonchev–Trinajstić information content (AvgIpc) is 2.88. The van der Waals surface area contributed by atoms with Crippen molar-refractivity contribution >= 4 is 33.3 Å². The Bertz CT molecular complexity index is 1090. The molecule has 0 aliphatic heterocycles. The van der Waals surface area contributed by atoms with Crippen molar-refractivity contribution in [3.8, 4) is 0 Å². The molecule has 0 amide bonds. The summed E-state index contributed by atoms with van der Waals surface area (Å²) < 4.78 is 13.8. The van der Waals surface area contributed by atoms with Crippen LogP contribution in [0.5, 0.6) is 0 Å². The molecule has 3 rings (SSSR count). The van der Waals surface area contributed by atoms with Gasteiger partial charge in [0.2, 0.25) is 0 Å². The molecule has 220 valence electrons. The van der Waals surface area contributed by atoms with Gasteiger partial charge >= 0.3 is 0 Å². The summed E-state index contributed by atoms with van der Waals surface area (Å²) in [6, 6.07) is 21.7. The summed E-state index contributed by atoms with van der Waals surface area (Å²) in [6.07, 6.45) is 6.38. The van der Waals surface area contributed by atoms with Gasteiger partial charge in [0, 0.05) is 12.5 Å². The van der Waals surface area contributed by atoms with E-state index in [9.17, 15) is 4.79 Å². The summed E-state index contributed by atoms with van der Waals surface area (Å²) in [5, 5.41) is 2.74. The van der Waals surface area contributed by atoms with Crippen molar-refractivity contribution in [2.24, 2.45) is 17.3 Å². The second kappa shape index (κ2) is 12.6. The number of hydrogen-bond acceptors (Lipinski definition) is 3. The zero-order valence-electron chi connectivity index (χ0n) is 26.8. The molecular formula is C35H54O3Si2. The van der Waals surface area contributed by atoms with E-state index in [-0.39, 0.29) is 21.4 Å². The van der Waals surface area contributed by atoms with Crippen LogP contribution in [0.1, 0.15) is 74.7 Å². The third kappa shape index (κ3) is 6.97. The SMILES string of the molecule is C[C@H]1C[C@@H](C=O)[C@@](C)(CCCO[Si](C)(C)C(C)(C)C)C=C1CO[Si](c1ccccc1)(c1ccccc1)C(C)(C)C. The summed E-state index contributed by atoms with van der Waals surface area (Å²) in [4.78, 5) is 12.3. The number of rotatable bonds is 11. The third-order valence-electron chi connectivity index (χ3n) is 9.77. The zero-order chi connectivity index (χ0) is 29.8. The smallest absolute Gasteiger partial charge is 0.261 e. The summed E-state index contributed by atoms with van der Waals surface area (Å²) in [5.74, 6) is 0.331. The molecule has 40 heavy (non-hydrogen) atoms. The van der Waals surface area contributed by atoms with E-state index in [2.05, 4.69) is 135 Å². The second-order valence-electron chi connectivity index (χ2n) is 14.8. The van der Waals surface area contributed by atoms with E-state index in [0.29, 0.717) is 12.5 Å². The van der Waals surface area contributed by atoms with E-state index in [1.165, 1.54) is 22.2 Å². The topological polar surface area (TPSA) is 35.5 Å². The van der Waals surface area contributed by atoms with Crippen LogP contribution in [0.3, 0.4) is 0 Å². The molecule has 0 heterocycles. The van der Waals surface area contributed by atoms with Crippen LogP contribution in [-0.2, 0) is 13.6 Å². The molecule has 0 N–H and O–H groups in total. The standard InChI is InChI=1S/C35H54O3Si2/c1-28-24-30(26-36)35(8,22-17-23-37-39(9,10)33(2,3)4)25-29(28)27-38-40(34(5,6)7,31-18-13-11-14-19-31)32-20-15-12-16-21-32/h11-16,18-21,25-26,28,30H,17,22-24,27H2,1-10H3/t28-,30-,35-/m0/s1. The molecule has 0 spiro atoms. The number of carbonyl (C=O) groups is 1. The van der Waals surface area contributed by atoms with Crippen molar-refractivity contribution in [3.05, 3.63) is 72.3 Å². The highest BCUT2D eigenvalue weighted by molar-refractivity contribution is 6.99. The fourth-order valence-electron chi connectivity index (χ4n) is 6.08. The number of aldehydes is 1. The van der Waals surface area contributed by atoms with Crippen LogP contribution >= 0.6 is 0 Å². The Kier molecular flexibility index (Phi) is 10.3. The van der Waals surface area contributed by atoms with Crippen LogP contribution in [0.25, 0.3) is 0 Å². The van der Waals surface area contributed by atoms with Crippen LogP contribution in [0.4, 0.5) is 0 Å². The minimum atomic E-state index is -2.63. The molecule has 0 bridgehead atoms. The second-order valence-corrected chi connectivity index (χ2v) is 23.9. The van der Waals surface area contributed by atoms with E-state index in [0.717, 1.165) is 25.9 Å². The van der Waals surface area contributed by atoms with Gasteiger partial charge in [0.05, 0.1) is 6.61 Å². The largest absolute Gasteiger partial charge is 0.417 e. The molecule has 5 heteroatoms. The van der Waals surface area contributed by atoms with Gasteiger partial charge in [-0.3, -0.25) is 0 Å². The lowest BCUT2D eigenvalue weighted by atomic mass is 9.65. The van der Waals surface area contributed by atoms with Crippen molar-refractivity contribution in [3.63, 3.8) is 0 Å².